The molecule has 0 amide bonds. The molecule has 0 heterocycles. The minimum Gasteiger partial charge on any atom is -0.295 e. The Morgan fingerprint density at radius 1 is 1.82 bits per heavy atom. The van der Waals surface area contributed by atoms with Crippen molar-refractivity contribution in [2.45, 2.75) is 18.2 Å². The molecule has 0 saturated carbocycles. The van der Waals surface area contributed by atoms with Crippen molar-refractivity contribution in [1.82, 2.24) is 0 Å². The number of carbonyl (C=O) groups is 1. The molecule has 11 heavy (non-hydrogen) atoms. The summed E-state index contributed by atoms with van der Waals surface area (Å²) in [5.74, 6) is 0.102. The molecule has 56 valence electrons. The van der Waals surface area contributed by atoms with Crippen LogP contribution in [0.25, 0.3) is 0 Å². The Bertz CT molecular complexity index is 242. The quantitative estimate of drug-likeness (QED) is 0.476. The summed E-state index contributed by atoms with van der Waals surface area (Å²) in [6, 6.07) is 0. The van der Waals surface area contributed by atoms with E-state index in [1.54, 1.807) is 13.0 Å². The van der Waals surface area contributed by atoms with Gasteiger partial charge in [-0.1, -0.05) is 33.6 Å². The predicted octanol–water partition coefficient (Wildman–Crippen LogP) is 1.72. The second-order valence-electron chi connectivity index (χ2n) is 2.61. The molecule has 0 aromatic rings. The number of alkyl halides is 1. The van der Waals surface area contributed by atoms with Gasteiger partial charge in [0.2, 0.25) is 0 Å². The average molecular weight is 211 g/mol. The minimum atomic E-state index is 0.102. The SMILES string of the molecule is [B]C1=CC(Br)CC(C(C)=O)=C1. The van der Waals surface area contributed by atoms with E-state index in [1.165, 1.54) is 0 Å². The summed E-state index contributed by atoms with van der Waals surface area (Å²) in [6.45, 7) is 1.56. The van der Waals surface area contributed by atoms with Gasteiger partial charge in [0.1, 0.15) is 7.85 Å². The molecule has 0 aliphatic heterocycles. The molecule has 0 spiro atoms. The van der Waals surface area contributed by atoms with Crippen LogP contribution in [0.4, 0.5) is 0 Å². The highest BCUT2D eigenvalue weighted by molar-refractivity contribution is 9.09. The zero-order valence-corrected chi connectivity index (χ0v) is 7.89. The minimum absolute atomic E-state index is 0.102. The van der Waals surface area contributed by atoms with E-state index < -0.39 is 0 Å². The monoisotopic (exact) mass is 210 g/mol. The Balaban J connectivity index is 2.84. The van der Waals surface area contributed by atoms with Crippen molar-refractivity contribution < 1.29 is 4.79 Å². The van der Waals surface area contributed by atoms with E-state index >= 15 is 0 Å². The van der Waals surface area contributed by atoms with E-state index in [4.69, 9.17) is 7.85 Å². The number of ketones is 1. The topological polar surface area (TPSA) is 17.1 Å². The molecule has 1 unspecified atom stereocenters. The molecule has 0 aromatic heterocycles. The van der Waals surface area contributed by atoms with Crippen molar-refractivity contribution in [2.75, 3.05) is 0 Å². The van der Waals surface area contributed by atoms with E-state index in [2.05, 4.69) is 15.9 Å². The van der Waals surface area contributed by atoms with Crippen LogP contribution in [0.3, 0.4) is 0 Å². The van der Waals surface area contributed by atoms with Crippen molar-refractivity contribution in [3.05, 3.63) is 23.2 Å². The van der Waals surface area contributed by atoms with E-state index in [1.807, 2.05) is 6.08 Å². The molecule has 1 aliphatic carbocycles. The fraction of sp³-hybridized carbons (Fsp3) is 0.375. The molecule has 0 saturated heterocycles. The van der Waals surface area contributed by atoms with Crippen LogP contribution in [0, 0.1) is 0 Å². The first-order valence-electron chi connectivity index (χ1n) is 3.42. The molecule has 1 aliphatic rings. The highest BCUT2D eigenvalue weighted by Crippen LogP contribution is 2.21. The average Bonchev–Trinajstić information content (AvgIpc) is 1.85. The van der Waals surface area contributed by atoms with Gasteiger partial charge in [-0.3, -0.25) is 4.79 Å². The second-order valence-corrected chi connectivity index (χ2v) is 3.79. The Kier molecular flexibility index (Phi) is 2.71. The Labute approximate surface area is 76.1 Å². The Hall–Kier alpha value is -0.305. The summed E-state index contributed by atoms with van der Waals surface area (Å²) in [4.78, 5) is 11.1. The van der Waals surface area contributed by atoms with E-state index in [0.717, 1.165) is 12.0 Å². The zero-order chi connectivity index (χ0) is 8.43. The predicted molar refractivity (Wildman–Crippen MR) is 49.9 cm³/mol. The summed E-state index contributed by atoms with van der Waals surface area (Å²) in [5.41, 5.74) is 1.47. The Morgan fingerprint density at radius 2 is 2.45 bits per heavy atom. The first-order valence-corrected chi connectivity index (χ1v) is 4.34. The van der Waals surface area contributed by atoms with Crippen molar-refractivity contribution >= 4 is 29.6 Å². The zero-order valence-electron chi connectivity index (χ0n) is 6.30. The third kappa shape index (κ3) is 2.33. The van der Waals surface area contributed by atoms with Crippen LogP contribution < -0.4 is 0 Å². The molecular weight excluding hydrogens is 203 g/mol. The van der Waals surface area contributed by atoms with E-state index in [-0.39, 0.29) is 10.6 Å². The lowest BCUT2D eigenvalue weighted by molar-refractivity contribution is -0.113. The maximum atomic E-state index is 10.9. The molecule has 1 nitrogen and oxygen atoms in total. The van der Waals surface area contributed by atoms with Crippen molar-refractivity contribution in [1.29, 1.82) is 0 Å². The summed E-state index contributed by atoms with van der Waals surface area (Å²) in [5, 5.41) is 0. The van der Waals surface area contributed by atoms with Gasteiger partial charge in [0.15, 0.2) is 5.78 Å². The van der Waals surface area contributed by atoms with Gasteiger partial charge in [-0.2, -0.15) is 0 Å². The van der Waals surface area contributed by atoms with E-state index in [0.29, 0.717) is 5.47 Å². The Morgan fingerprint density at radius 3 is 2.91 bits per heavy atom. The summed E-state index contributed by atoms with van der Waals surface area (Å²) in [6.07, 6.45) is 4.38. The first-order chi connectivity index (χ1) is 5.09. The van der Waals surface area contributed by atoms with Crippen LogP contribution in [0.15, 0.2) is 23.2 Å². The molecule has 0 bridgehead atoms. The number of halogens is 1. The van der Waals surface area contributed by atoms with Gasteiger partial charge in [0, 0.05) is 4.83 Å². The number of carbonyl (C=O) groups excluding carboxylic acids is 1. The lowest BCUT2D eigenvalue weighted by Crippen LogP contribution is -2.08. The molecule has 2 radical (unpaired) electrons. The van der Waals surface area contributed by atoms with Gasteiger partial charge in [0.25, 0.3) is 0 Å². The fourth-order valence-electron chi connectivity index (χ4n) is 1.03. The lowest BCUT2D eigenvalue weighted by Gasteiger charge is -2.13. The summed E-state index contributed by atoms with van der Waals surface area (Å²) in [7, 11) is 5.56. The van der Waals surface area contributed by atoms with Crippen LogP contribution in [-0.2, 0) is 4.79 Å². The molecule has 0 fully saturated rings. The highest BCUT2D eigenvalue weighted by atomic mass is 79.9. The number of allylic oxidation sites excluding steroid dienone is 4. The molecule has 1 atom stereocenters. The van der Waals surface area contributed by atoms with Crippen LogP contribution in [0.2, 0.25) is 0 Å². The van der Waals surface area contributed by atoms with Crippen LogP contribution in [0.1, 0.15) is 13.3 Å². The van der Waals surface area contributed by atoms with E-state index in [9.17, 15) is 4.79 Å². The molecular formula is C8H8BBrO. The highest BCUT2D eigenvalue weighted by Gasteiger charge is 2.12. The van der Waals surface area contributed by atoms with Gasteiger partial charge in [-0.25, -0.2) is 0 Å². The van der Waals surface area contributed by atoms with Gasteiger partial charge in [0.05, 0.1) is 0 Å². The second kappa shape index (κ2) is 3.39. The number of Topliss-reactive ketones (excluding diaryl/α,β-unsaturated/α-hetero) is 1. The molecule has 1 rings (SSSR count). The number of hydrogen-bond donors (Lipinski definition) is 0. The van der Waals surface area contributed by atoms with Gasteiger partial charge < -0.3 is 0 Å². The molecule has 3 heteroatoms. The van der Waals surface area contributed by atoms with Crippen molar-refractivity contribution in [2.24, 2.45) is 0 Å². The van der Waals surface area contributed by atoms with Gasteiger partial charge >= 0.3 is 0 Å². The van der Waals surface area contributed by atoms with Gasteiger partial charge in [-0.05, 0) is 18.9 Å². The number of rotatable bonds is 1. The lowest BCUT2D eigenvalue weighted by atomic mass is 9.86. The maximum Gasteiger partial charge on any atom is 0.155 e. The maximum absolute atomic E-state index is 10.9. The summed E-state index contributed by atoms with van der Waals surface area (Å²) >= 11 is 3.39. The van der Waals surface area contributed by atoms with Crippen molar-refractivity contribution in [3.8, 4) is 0 Å². The normalized spacial score (nSPS) is 24.0. The van der Waals surface area contributed by atoms with Crippen LogP contribution in [0.5, 0.6) is 0 Å². The fourth-order valence-corrected chi connectivity index (χ4v) is 1.69. The summed E-state index contributed by atoms with van der Waals surface area (Å²) < 4.78 is 0. The number of hydrogen-bond acceptors (Lipinski definition) is 1. The standard InChI is InChI=1S/C8H8BBrO/c1-5(11)6-2-7(9)4-8(10)3-6/h2,4,8H,3H2,1H3. The molecule has 0 N–H and O–H groups in total. The molecule has 0 aromatic carbocycles. The third-order valence-corrected chi connectivity index (χ3v) is 2.17. The third-order valence-electron chi connectivity index (χ3n) is 1.58. The van der Waals surface area contributed by atoms with Gasteiger partial charge in [-0.15, -0.1) is 0 Å². The van der Waals surface area contributed by atoms with Crippen LogP contribution >= 0.6 is 15.9 Å². The van der Waals surface area contributed by atoms with Crippen LogP contribution in [-0.4, -0.2) is 18.5 Å². The largest absolute Gasteiger partial charge is 0.295 e. The first kappa shape index (κ1) is 8.79. The smallest absolute Gasteiger partial charge is 0.155 e. The van der Waals surface area contributed by atoms with Crippen molar-refractivity contribution in [3.63, 3.8) is 0 Å².